The summed E-state index contributed by atoms with van der Waals surface area (Å²) in [6.07, 6.45) is 3.02. The molecule has 0 bridgehead atoms. The highest BCUT2D eigenvalue weighted by Gasteiger charge is 2.33. The number of amides is 2. The van der Waals surface area contributed by atoms with Crippen molar-refractivity contribution in [3.8, 4) is 5.75 Å². The van der Waals surface area contributed by atoms with Crippen LogP contribution in [-0.4, -0.2) is 44.9 Å². The van der Waals surface area contributed by atoms with Gasteiger partial charge in [-0.1, -0.05) is 19.1 Å². The minimum atomic E-state index is -3.10. The number of hydrogen-bond acceptors (Lipinski definition) is 6. The number of nitrogens with one attached hydrogen (secondary N) is 2. The van der Waals surface area contributed by atoms with E-state index in [0.29, 0.717) is 34.2 Å². The Labute approximate surface area is 186 Å². The Morgan fingerprint density at radius 3 is 2.65 bits per heavy atom. The van der Waals surface area contributed by atoms with Gasteiger partial charge in [-0.3, -0.25) is 9.59 Å². The van der Waals surface area contributed by atoms with Crippen LogP contribution in [0.15, 0.2) is 24.3 Å². The van der Waals surface area contributed by atoms with Crippen LogP contribution in [0.3, 0.4) is 0 Å². The number of benzene rings is 1. The lowest BCUT2D eigenvalue weighted by atomic mass is 9.88. The molecule has 166 valence electrons. The van der Waals surface area contributed by atoms with Gasteiger partial charge in [0.15, 0.2) is 9.84 Å². The van der Waals surface area contributed by atoms with Crippen LogP contribution in [-0.2, 0) is 22.7 Å². The maximum absolute atomic E-state index is 13.2. The van der Waals surface area contributed by atoms with Crippen LogP contribution in [0.4, 0.5) is 5.00 Å². The molecule has 1 aromatic heterocycles. The minimum absolute atomic E-state index is 0.0367. The van der Waals surface area contributed by atoms with Gasteiger partial charge < -0.3 is 15.4 Å². The summed E-state index contributed by atoms with van der Waals surface area (Å²) in [4.78, 5) is 27.3. The molecule has 2 aliphatic rings. The Morgan fingerprint density at radius 2 is 1.94 bits per heavy atom. The normalized spacial score (nSPS) is 21.9. The van der Waals surface area contributed by atoms with Crippen molar-refractivity contribution in [2.75, 3.05) is 23.9 Å². The van der Waals surface area contributed by atoms with Crippen molar-refractivity contribution in [1.29, 1.82) is 0 Å². The fraction of sp³-hybridized carbons (Fsp3) is 0.455. The number of anilines is 1. The van der Waals surface area contributed by atoms with Gasteiger partial charge in [0.2, 0.25) is 0 Å². The summed E-state index contributed by atoms with van der Waals surface area (Å²) >= 11 is 1.44. The topological polar surface area (TPSA) is 102 Å². The molecule has 2 N–H and O–H groups in total. The molecule has 1 saturated heterocycles. The molecule has 1 fully saturated rings. The standard InChI is InChI=1S/C22H26N2O5S2/c1-13-7-8-16-18(11-13)30-22(24-20(25)15-5-3-4-6-17(15)29-2)19(16)21(26)23-14-9-10-31(27,28)12-14/h3-6,13-14H,7-12H2,1-2H3,(H,23,26)(H,24,25)/t13-,14+/m1/s1. The van der Waals surface area contributed by atoms with Gasteiger partial charge in [-0.25, -0.2) is 8.42 Å². The smallest absolute Gasteiger partial charge is 0.260 e. The number of methoxy groups -OCH3 is 1. The van der Waals surface area contributed by atoms with E-state index in [2.05, 4.69) is 17.6 Å². The average molecular weight is 463 g/mol. The molecule has 1 aliphatic carbocycles. The van der Waals surface area contributed by atoms with Crippen LogP contribution in [0.25, 0.3) is 0 Å². The number of para-hydroxylation sites is 1. The van der Waals surface area contributed by atoms with E-state index in [9.17, 15) is 18.0 Å². The van der Waals surface area contributed by atoms with Crippen LogP contribution in [0.2, 0.25) is 0 Å². The fourth-order valence-corrected chi connectivity index (χ4v) is 7.32. The molecule has 9 heteroatoms. The van der Waals surface area contributed by atoms with Crippen LogP contribution >= 0.6 is 11.3 Å². The maximum Gasteiger partial charge on any atom is 0.260 e. The van der Waals surface area contributed by atoms with Crippen LogP contribution in [0.1, 0.15) is 50.9 Å². The van der Waals surface area contributed by atoms with Crippen molar-refractivity contribution in [2.24, 2.45) is 5.92 Å². The molecule has 0 spiro atoms. The first kappa shape index (κ1) is 21.8. The molecule has 2 amide bonds. The summed E-state index contributed by atoms with van der Waals surface area (Å²) in [5.41, 5.74) is 1.83. The van der Waals surface area contributed by atoms with Gasteiger partial charge in [-0.15, -0.1) is 11.3 Å². The third-order valence-corrected chi connectivity index (χ3v) is 8.82. The summed E-state index contributed by atoms with van der Waals surface area (Å²) in [5.74, 6) is 0.363. The molecule has 1 aliphatic heterocycles. The van der Waals surface area contributed by atoms with E-state index in [-0.39, 0.29) is 23.3 Å². The maximum atomic E-state index is 13.2. The van der Waals surface area contributed by atoms with Gasteiger partial charge in [0.05, 0.1) is 29.7 Å². The molecular formula is C22H26N2O5S2. The third-order valence-electron chi connectivity index (χ3n) is 5.89. The fourth-order valence-electron chi connectivity index (χ4n) is 4.25. The van der Waals surface area contributed by atoms with Gasteiger partial charge in [-0.05, 0) is 49.3 Å². The molecule has 7 nitrogen and oxygen atoms in total. The number of fused-ring (bicyclic) bond motifs is 1. The van der Waals surface area contributed by atoms with E-state index in [4.69, 9.17) is 4.74 Å². The lowest BCUT2D eigenvalue weighted by molar-refractivity contribution is 0.0941. The van der Waals surface area contributed by atoms with Crippen LogP contribution in [0.5, 0.6) is 5.75 Å². The first-order chi connectivity index (χ1) is 14.8. The van der Waals surface area contributed by atoms with Crippen molar-refractivity contribution in [2.45, 2.75) is 38.6 Å². The van der Waals surface area contributed by atoms with Gasteiger partial charge in [0.1, 0.15) is 10.8 Å². The van der Waals surface area contributed by atoms with Crippen molar-refractivity contribution in [3.05, 3.63) is 45.8 Å². The number of carbonyl (C=O) groups excluding carboxylic acids is 2. The zero-order valence-corrected chi connectivity index (χ0v) is 19.2. The van der Waals surface area contributed by atoms with E-state index in [1.807, 2.05) is 0 Å². The zero-order chi connectivity index (χ0) is 22.2. The molecule has 2 atom stereocenters. The molecule has 0 radical (unpaired) electrons. The molecule has 0 unspecified atom stereocenters. The number of rotatable bonds is 5. The monoisotopic (exact) mass is 462 g/mol. The minimum Gasteiger partial charge on any atom is -0.496 e. The first-order valence-electron chi connectivity index (χ1n) is 10.4. The molecule has 4 rings (SSSR count). The summed E-state index contributed by atoms with van der Waals surface area (Å²) < 4.78 is 28.9. The second kappa shape index (κ2) is 8.63. The largest absolute Gasteiger partial charge is 0.496 e. The number of hydrogen-bond donors (Lipinski definition) is 2. The van der Waals surface area contributed by atoms with Crippen LogP contribution in [0, 0.1) is 5.92 Å². The van der Waals surface area contributed by atoms with E-state index in [1.54, 1.807) is 24.3 Å². The number of carbonyl (C=O) groups is 2. The average Bonchev–Trinajstić information content (AvgIpc) is 3.25. The van der Waals surface area contributed by atoms with Gasteiger partial charge in [-0.2, -0.15) is 0 Å². The highest BCUT2D eigenvalue weighted by molar-refractivity contribution is 7.91. The zero-order valence-electron chi connectivity index (χ0n) is 17.6. The van der Waals surface area contributed by atoms with Gasteiger partial charge >= 0.3 is 0 Å². The number of thiophene rings is 1. The Balaban J connectivity index is 1.64. The summed E-state index contributed by atoms with van der Waals surface area (Å²) in [6.45, 7) is 2.18. The lowest BCUT2D eigenvalue weighted by Gasteiger charge is -2.19. The highest BCUT2D eigenvalue weighted by Crippen LogP contribution is 2.40. The van der Waals surface area contributed by atoms with Crippen molar-refractivity contribution < 1.29 is 22.7 Å². The third kappa shape index (κ3) is 4.62. The molecule has 2 aromatic rings. The molecule has 0 saturated carbocycles. The van der Waals surface area contributed by atoms with E-state index in [0.717, 1.165) is 29.7 Å². The Morgan fingerprint density at radius 1 is 1.16 bits per heavy atom. The summed E-state index contributed by atoms with van der Waals surface area (Å²) in [6, 6.07) is 6.53. The van der Waals surface area contributed by atoms with Crippen molar-refractivity contribution in [1.82, 2.24) is 5.32 Å². The molecule has 2 heterocycles. The Hall–Kier alpha value is -2.39. The SMILES string of the molecule is COc1ccccc1C(=O)Nc1sc2c(c1C(=O)N[C@H]1CCS(=O)(=O)C1)CC[C@@H](C)C2. The number of sulfone groups is 1. The molecular weight excluding hydrogens is 436 g/mol. The predicted molar refractivity (Wildman–Crippen MR) is 121 cm³/mol. The lowest BCUT2D eigenvalue weighted by Crippen LogP contribution is -2.36. The number of ether oxygens (including phenoxy) is 1. The summed E-state index contributed by atoms with van der Waals surface area (Å²) in [5, 5.41) is 6.31. The van der Waals surface area contributed by atoms with Gasteiger partial charge in [0, 0.05) is 10.9 Å². The Bertz CT molecular complexity index is 1120. The quantitative estimate of drug-likeness (QED) is 0.711. The highest BCUT2D eigenvalue weighted by atomic mass is 32.2. The van der Waals surface area contributed by atoms with E-state index >= 15 is 0 Å². The second-order valence-corrected chi connectivity index (χ2v) is 11.6. The Kier molecular flexibility index (Phi) is 6.07. The van der Waals surface area contributed by atoms with Crippen molar-refractivity contribution >= 4 is 38.0 Å². The van der Waals surface area contributed by atoms with E-state index < -0.39 is 15.9 Å². The predicted octanol–water partition coefficient (Wildman–Crippen LogP) is 3.05. The van der Waals surface area contributed by atoms with Gasteiger partial charge in [0.25, 0.3) is 11.8 Å². The summed E-state index contributed by atoms with van der Waals surface area (Å²) in [7, 11) is -1.60. The van der Waals surface area contributed by atoms with Crippen LogP contribution < -0.4 is 15.4 Å². The molecule has 1 aromatic carbocycles. The van der Waals surface area contributed by atoms with Crippen molar-refractivity contribution in [3.63, 3.8) is 0 Å². The second-order valence-electron chi connectivity index (χ2n) is 8.28. The first-order valence-corrected chi connectivity index (χ1v) is 13.0. The van der Waals surface area contributed by atoms with E-state index in [1.165, 1.54) is 18.4 Å². The molecule has 31 heavy (non-hydrogen) atoms.